The molecule has 3 aromatic carbocycles. The highest BCUT2D eigenvalue weighted by Crippen LogP contribution is 2.28. The van der Waals surface area contributed by atoms with Crippen LogP contribution in [-0.4, -0.2) is 5.78 Å². The molecule has 0 radical (unpaired) electrons. The molecule has 0 saturated carbocycles. The molecule has 0 heterocycles. The summed E-state index contributed by atoms with van der Waals surface area (Å²) < 4.78 is 15.0. The van der Waals surface area contributed by atoms with E-state index in [2.05, 4.69) is 15.9 Å². The molecule has 104 valence electrons. The van der Waals surface area contributed by atoms with Crippen LogP contribution >= 0.6 is 15.9 Å². The summed E-state index contributed by atoms with van der Waals surface area (Å²) in [5.41, 5.74) is 1.41. The van der Waals surface area contributed by atoms with Gasteiger partial charge in [-0.2, -0.15) is 0 Å². The first-order valence-corrected chi connectivity index (χ1v) is 7.35. The monoisotopic (exact) mass is 342 g/mol. The van der Waals surface area contributed by atoms with Gasteiger partial charge in [0.1, 0.15) is 5.82 Å². The van der Waals surface area contributed by atoms with Gasteiger partial charge in [0, 0.05) is 10.0 Å². The largest absolute Gasteiger partial charge is 0.288 e. The highest BCUT2D eigenvalue weighted by molar-refractivity contribution is 9.10. The minimum absolute atomic E-state index is 0.105. The first-order valence-electron chi connectivity index (χ1n) is 6.56. The summed E-state index contributed by atoms with van der Waals surface area (Å²) in [6.07, 6.45) is 0. The van der Waals surface area contributed by atoms with E-state index in [1.165, 1.54) is 6.07 Å². The van der Waals surface area contributed by atoms with Crippen molar-refractivity contribution >= 4 is 32.5 Å². The van der Waals surface area contributed by atoms with Crippen molar-refractivity contribution in [3.05, 3.63) is 81.6 Å². The van der Waals surface area contributed by atoms with Gasteiger partial charge in [-0.25, -0.2) is 4.39 Å². The predicted octanol–water partition coefficient (Wildman–Crippen LogP) is 5.28. The molecule has 0 saturated heterocycles. The van der Waals surface area contributed by atoms with Crippen LogP contribution in [0.4, 0.5) is 4.39 Å². The molecule has 3 aromatic rings. The van der Waals surface area contributed by atoms with E-state index in [4.69, 9.17) is 0 Å². The Bertz CT molecular complexity index is 855. The Kier molecular flexibility index (Phi) is 3.60. The second-order valence-corrected chi connectivity index (χ2v) is 5.81. The lowest BCUT2D eigenvalue weighted by atomic mass is 9.96. The number of fused-ring (bicyclic) bond motifs is 1. The number of hydrogen-bond donors (Lipinski definition) is 0. The lowest BCUT2D eigenvalue weighted by Gasteiger charge is -2.08. The maximum Gasteiger partial charge on any atom is 0.196 e. The van der Waals surface area contributed by atoms with Crippen LogP contribution in [0, 0.1) is 12.7 Å². The average Bonchev–Trinajstić information content (AvgIpc) is 2.47. The Morgan fingerprint density at radius 1 is 0.952 bits per heavy atom. The number of halogens is 2. The zero-order valence-corrected chi connectivity index (χ0v) is 12.9. The summed E-state index contributed by atoms with van der Waals surface area (Å²) in [4.78, 5) is 12.6. The van der Waals surface area contributed by atoms with Crippen molar-refractivity contribution in [3.63, 3.8) is 0 Å². The van der Waals surface area contributed by atoms with Crippen molar-refractivity contribution in [1.82, 2.24) is 0 Å². The van der Waals surface area contributed by atoms with E-state index in [-0.39, 0.29) is 11.3 Å². The fraction of sp³-hybridized carbons (Fsp3) is 0.0556. The highest BCUT2D eigenvalue weighted by atomic mass is 79.9. The molecular weight excluding hydrogens is 331 g/mol. The Morgan fingerprint density at radius 3 is 2.33 bits per heavy atom. The van der Waals surface area contributed by atoms with Crippen molar-refractivity contribution in [2.24, 2.45) is 0 Å². The van der Waals surface area contributed by atoms with Gasteiger partial charge in [0.2, 0.25) is 0 Å². The average molecular weight is 343 g/mol. The molecule has 0 amide bonds. The molecule has 0 aliphatic rings. The van der Waals surface area contributed by atoms with E-state index in [9.17, 15) is 9.18 Å². The van der Waals surface area contributed by atoms with Gasteiger partial charge in [-0.15, -0.1) is 0 Å². The van der Waals surface area contributed by atoms with Crippen LogP contribution in [0.1, 0.15) is 21.5 Å². The second-order valence-electron chi connectivity index (χ2n) is 4.95. The maximum atomic E-state index is 14.0. The van der Waals surface area contributed by atoms with E-state index < -0.39 is 5.82 Å². The molecule has 1 nitrogen and oxygen atoms in total. The molecule has 0 spiro atoms. The molecule has 0 aliphatic carbocycles. The van der Waals surface area contributed by atoms with Crippen molar-refractivity contribution < 1.29 is 9.18 Å². The first-order chi connectivity index (χ1) is 10.1. The smallest absolute Gasteiger partial charge is 0.196 e. The SMILES string of the molecule is Cc1ccc(C(=O)c2ccc(Br)c3ccccc23)c(F)c1. The van der Waals surface area contributed by atoms with Crippen LogP contribution in [0.2, 0.25) is 0 Å². The van der Waals surface area contributed by atoms with Gasteiger partial charge in [-0.3, -0.25) is 4.79 Å². The topological polar surface area (TPSA) is 17.1 Å². The minimum atomic E-state index is -0.480. The van der Waals surface area contributed by atoms with Gasteiger partial charge in [-0.1, -0.05) is 46.3 Å². The first kappa shape index (κ1) is 14.0. The summed E-state index contributed by atoms with van der Waals surface area (Å²) in [5, 5.41) is 1.76. The van der Waals surface area contributed by atoms with Crippen LogP contribution in [0.3, 0.4) is 0 Å². The lowest BCUT2D eigenvalue weighted by Crippen LogP contribution is -2.05. The van der Waals surface area contributed by atoms with Gasteiger partial charge in [0.15, 0.2) is 5.78 Å². The number of rotatable bonds is 2. The molecule has 0 aromatic heterocycles. The second kappa shape index (κ2) is 5.41. The summed E-state index contributed by atoms with van der Waals surface area (Å²) in [6, 6.07) is 15.8. The van der Waals surface area contributed by atoms with Gasteiger partial charge in [-0.05, 0) is 47.5 Å². The van der Waals surface area contributed by atoms with Crippen LogP contribution in [0.25, 0.3) is 10.8 Å². The van der Waals surface area contributed by atoms with Gasteiger partial charge in [0.05, 0.1) is 5.56 Å². The normalized spacial score (nSPS) is 10.8. The number of aryl methyl sites for hydroxylation is 1. The van der Waals surface area contributed by atoms with Crippen molar-refractivity contribution in [2.45, 2.75) is 6.92 Å². The Balaban J connectivity index is 2.21. The standard InChI is InChI=1S/C18H12BrFO/c1-11-6-7-15(17(20)10-11)18(21)14-8-9-16(19)13-5-3-2-4-12(13)14/h2-10H,1H3. The molecule has 0 atom stereocenters. The third-order valence-electron chi connectivity index (χ3n) is 3.48. The zero-order valence-electron chi connectivity index (χ0n) is 11.4. The number of carbonyl (C=O) groups excluding carboxylic acids is 1. The lowest BCUT2D eigenvalue weighted by molar-refractivity contribution is 0.103. The molecule has 21 heavy (non-hydrogen) atoms. The third kappa shape index (κ3) is 2.49. The van der Waals surface area contributed by atoms with Crippen LogP contribution in [0.5, 0.6) is 0 Å². The van der Waals surface area contributed by atoms with E-state index in [1.54, 1.807) is 25.1 Å². The number of ketones is 1. The summed E-state index contributed by atoms with van der Waals surface area (Å²) in [7, 11) is 0. The fourth-order valence-corrected chi connectivity index (χ4v) is 2.89. The molecule has 0 unspecified atom stereocenters. The molecule has 0 bridgehead atoms. The highest BCUT2D eigenvalue weighted by Gasteiger charge is 2.17. The van der Waals surface area contributed by atoms with Crippen molar-refractivity contribution in [1.29, 1.82) is 0 Å². The molecule has 3 heteroatoms. The molecule has 3 rings (SSSR count). The Morgan fingerprint density at radius 2 is 1.62 bits per heavy atom. The Hall–Kier alpha value is -2.00. The van der Waals surface area contributed by atoms with Crippen LogP contribution < -0.4 is 0 Å². The van der Waals surface area contributed by atoms with Gasteiger partial charge < -0.3 is 0 Å². The van der Waals surface area contributed by atoms with Crippen molar-refractivity contribution in [2.75, 3.05) is 0 Å². The molecular formula is C18H12BrFO. The zero-order chi connectivity index (χ0) is 15.0. The maximum absolute atomic E-state index is 14.0. The summed E-state index contributed by atoms with van der Waals surface area (Å²) >= 11 is 3.48. The molecule has 0 N–H and O–H groups in total. The van der Waals surface area contributed by atoms with E-state index in [0.717, 1.165) is 20.8 Å². The van der Waals surface area contributed by atoms with E-state index >= 15 is 0 Å². The summed E-state index contributed by atoms with van der Waals surface area (Å²) in [5.74, 6) is -0.775. The number of hydrogen-bond acceptors (Lipinski definition) is 1. The van der Waals surface area contributed by atoms with Crippen LogP contribution in [-0.2, 0) is 0 Å². The van der Waals surface area contributed by atoms with Crippen LogP contribution in [0.15, 0.2) is 59.1 Å². The molecule has 0 fully saturated rings. The predicted molar refractivity (Wildman–Crippen MR) is 86.2 cm³/mol. The number of benzene rings is 3. The quantitative estimate of drug-likeness (QED) is 0.579. The Labute approximate surface area is 130 Å². The summed E-state index contributed by atoms with van der Waals surface area (Å²) in [6.45, 7) is 1.80. The van der Waals surface area contributed by atoms with E-state index in [1.807, 2.05) is 30.3 Å². The van der Waals surface area contributed by atoms with Gasteiger partial charge in [0.25, 0.3) is 0 Å². The minimum Gasteiger partial charge on any atom is -0.288 e. The van der Waals surface area contributed by atoms with Crippen molar-refractivity contribution in [3.8, 4) is 0 Å². The fourth-order valence-electron chi connectivity index (χ4n) is 2.41. The molecule has 0 aliphatic heterocycles. The third-order valence-corrected chi connectivity index (χ3v) is 4.18. The van der Waals surface area contributed by atoms with E-state index in [0.29, 0.717) is 5.56 Å². The van der Waals surface area contributed by atoms with Gasteiger partial charge >= 0.3 is 0 Å². The number of carbonyl (C=O) groups is 1.